The Balaban J connectivity index is 3.96. The molecule has 14 heavy (non-hydrogen) atoms. The highest BCUT2D eigenvalue weighted by atomic mass is 16.5. The van der Waals surface area contributed by atoms with Gasteiger partial charge < -0.3 is 15.8 Å². The molecule has 0 aliphatic rings. The third kappa shape index (κ3) is 4.78. The Kier molecular flexibility index (Phi) is 6.69. The second-order valence-corrected chi connectivity index (χ2v) is 2.68. The summed E-state index contributed by atoms with van der Waals surface area (Å²) >= 11 is 0. The Morgan fingerprint density at radius 3 is 2.57 bits per heavy atom. The quantitative estimate of drug-likeness (QED) is 0.570. The minimum Gasteiger partial charge on any atom is -0.383 e. The van der Waals surface area contributed by atoms with Gasteiger partial charge in [0, 0.05) is 33.7 Å². The van der Waals surface area contributed by atoms with Crippen molar-refractivity contribution >= 4 is 11.9 Å². The molecule has 6 nitrogen and oxygen atoms in total. The van der Waals surface area contributed by atoms with Crippen molar-refractivity contribution in [2.75, 3.05) is 33.4 Å². The van der Waals surface area contributed by atoms with E-state index in [0.717, 1.165) is 4.90 Å². The van der Waals surface area contributed by atoms with Gasteiger partial charge in [0.2, 0.25) is 5.91 Å². The summed E-state index contributed by atoms with van der Waals surface area (Å²) in [4.78, 5) is 23.4. The topological polar surface area (TPSA) is 84.7 Å². The van der Waals surface area contributed by atoms with Gasteiger partial charge in [-0.1, -0.05) is 0 Å². The van der Waals surface area contributed by atoms with Gasteiger partial charge in [-0.2, -0.15) is 0 Å². The lowest BCUT2D eigenvalue weighted by atomic mass is 10.5. The van der Waals surface area contributed by atoms with Crippen LogP contribution in [0.5, 0.6) is 0 Å². The second kappa shape index (κ2) is 7.28. The molecule has 0 aromatic rings. The molecule has 0 aliphatic carbocycles. The highest BCUT2D eigenvalue weighted by Crippen LogP contribution is 1.89. The molecular weight excluding hydrogens is 186 g/mol. The van der Waals surface area contributed by atoms with Crippen LogP contribution in [0, 0.1) is 0 Å². The maximum absolute atomic E-state index is 11.3. The van der Waals surface area contributed by atoms with E-state index in [2.05, 4.69) is 5.32 Å². The molecule has 3 amide bonds. The van der Waals surface area contributed by atoms with Gasteiger partial charge in [-0.05, 0) is 0 Å². The van der Waals surface area contributed by atoms with Gasteiger partial charge in [0.1, 0.15) is 0 Å². The van der Waals surface area contributed by atoms with Crippen LogP contribution >= 0.6 is 0 Å². The van der Waals surface area contributed by atoms with Crippen molar-refractivity contribution in [2.24, 2.45) is 5.73 Å². The minimum absolute atomic E-state index is 0.230. The summed E-state index contributed by atoms with van der Waals surface area (Å²) < 4.78 is 4.75. The first-order valence-corrected chi connectivity index (χ1v) is 4.38. The largest absolute Gasteiger partial charge is 0.383 e. The Morgan fingerprint density at radius 1 is 1.50 bits per heavy atom. The molecule has 0 fully saturated rings. The fourth-order valence-corrected chi connectivity index (χ4v) is 0.887. The average Bonchev–Trinajstić information content (AvgIpc) is 2.13. The lowest BCUT2D eigenvalue weighted by molar-refractivity contribution is -0.125. The average molecular weight is 203 g/mol. The lowest BCUT2D eigenvalue weighted by Crippen LogP contribution is -2.45. The summed E-state index contributed by atoms with van der Waals surface area (Å²) in [5.41, 5.74) is 5.26. The van der Waals surface area contributed by atoms with Crippen LogP contribution in [0.3, 0.4) is 0 Å². The van der Waals surface area contributed by atoms with Crippen LogP contribution in [0.1, 0.15) is 6.92 Å². The van der Waals surface area contributed by atoms with Gasteiger partial charge in [-0.15, -0.1) is 0 Å². The number of nitrogens with two attached hydrogens (primary N) is 1. The fraction of sp³-hybridized carbons (Fsp3) is 0.750. The van der Waals surface area contributed by atoms with Crippen molar-refractivity contribution in [3.63, 3.8) is 0 Å². The molecule has 0 radical (unpaired) electrons. The number of rotatable bonds is 5. The number of imide groups is 1. The van der Waals surface area contributed by atoms with E-state index >= 15 is 0 Å². The zero-order valence-electron chi connectivity index (χ0n) is 8.58. The number of hydrogen-bond acceptors (Lipinski definition) is 4. The normalized spacial score (nSPS) is 9.64. The van der Waals surface area contributed by atoms with Crippen molar-refractivity contribution in [1.82, 2.24) is 10.2 Å². The number of carbonyl (C=O) groups is 2. The van der Waals surface area contributed by atoms with E-state index < -0.39 is 6.03 Å². The fourth-order valence-electron chi connectivity index (χ4n) is 0.887. The highest BCUT2D eigenvalue weighted by molar-refractivity contribution is 5.93. The van der Waals surface area contributed by atoms with E-state index in [1.165, 1.54) is 14.0 Å². The highest BCUT2D eigenvalue weighted by Gasteiger charge is 2.15. The van der Waals surface area contributed by atoms with E-state index in [4.69, 9.17) is 10.5 Å². The van der Waals surface area contributed by atoms with Gasteiger partial charge in [-0.25, -0.2) is 4.79 Å². The summed E-state index contributed by atoms with van der Waals surface area (Å²) in [5, 5.41) is 2.54. The summed E-state index contributed by atoms with van der Waals surface area (Å²) in [6.07, 6.45) is 0. The predicted molar refractivity (Wildman–Crippen MR) is 51.7 cm³/mol. The molecule has 0 saturated heterocycles. The van der Waals surface area contributed by atoms with Gasteiger partial charge in [0.15, 0.2) is 0 Å². The van der Waals surface area contributed by atoms with Crippen LogP contribution in [0.4, 0.5) is 4.79 Å². The van der Waals surface area contributed by atoms with E-state index in [-0.39, 0.29) is 19.0 Å². The summed E-state index contributed by atoms with van der Waals surface area (Å²) in [6.45, 7) is 2.61. The molecule has 0 aromatic heterocycles. The first kappa shape index (κ1) is 12.9. The number of nitrogens with one attached hydrogen (secondary N) is 1. The maximum atomic E-state index is 11.3. The van der Waals surface area contributed by atoms with Crippen LogP contribution in [-0.2, 0) is 9.53 Å². The smallest absolute Gasteiger partial charge is 0.324 e. The third-order valence-electron chi connectivity index (χ3n) is 1.56. The van der Waals surface area contributed by atoms with Gasteiger partial charge >= 0.3 is 6.03 Å². The molecule has 0 rings (SSSR count). The molecule has 0 unspecified atom stereocenters. The van der Waals surface area contributed by atoms with Gasteiger partial charge in [0.05, 0.1) is 6.61 Å². The van der Waals surface area contributed by atoms with Gasteiger partial charge in [0.25, 0.3) is 0 Å². The second-order valence-electron chi connectivity index (χ2n) is 2.68. The molecule has 0 aliphatic heterocycles. The van der Waals surface area contributed by atoms with Crippen molar-refractivity contribution in [3.05, 3.63) is 0 Å². The summed E-state index contributed by atoms with van der Waals surface area (Å²) in [7, 11) is 1.54. The molecule has 3 N–H and O–H groups in total. The van der Waals surface area contributed by atoms with Crippen LogP contribution in [0.15, 0.2) is 0 Å². The Hall–Kier alpha value is -1.14. The Bertz CT molecular complexity index is 196. The molecular formula is C8H17N3O3. The maximum Gasteiger partial charge on any atom is 0.324 e. The Labute approximate surface area is 83.4 Å². The number of nitrogens with zero attached hydrogens (tertiary/aromatic N) is 1. The zero-order chi connectivity index (χ0) is 11.0. The van der Waals surface area contributed by atoms with Gasteiger partial charge in [-0.3, -0.25) is 9.69 Å². The summed E-state index contributed by atoms with van der Waals surface area (Å²) in [5.74, 6) is -0.314. The molecule has 0 spiro atoms. The molecule has 0 aromatic carbocycles. The molecule has 0 atom stereocenters. The standard InChI is InChI=1S/C8H17N3O3/c1-7(12)11(5-3-9)8(13)10-4-6-14-2/h3-6,9H2,1-2H3,(H,10,13). The zero-order valence-corrected chi connectivity index (χ0v) is 8.58. The SMILES string of the molecule is COCCNC(=O)N(CCN)C(C)=O. The Morgan fingerprint density at radius 2 is 2.14 bits per heavy atom. The van der Waals surface area contributed by atoms with E-state index in [1.54, 1.807) is 0 Å². The van der Waals surface area contributed by atoms with Crippen LogP contribution in [0.2, 0.25) is 0 Å². The molecule has 0 saturated carbocycles. The first-order chi connectivity index (χ1) is 6.63. The number of amides is 3. The predicted octanol–water partition coefficient (Wildman–Crippen LogP) is -0.850. The third-order valence-corrected chi connectivity index (χ3v) is 1.56. The number of urea groups is 1. The first-order valence-electron chi connectivity index (χ1n) is 4.38. The number of ether oxygens (including phenoxy) is 1. The molecule has 0 bridgehead atoms. The monoisotopic (exact) mass is 203 g/mol. The van der Waals surface area contributed by atoms with Crippen LogP contribution < -0.4 is 11.1 Å². The number of methoxy groups -OCH3 is 1. The number of carbonyl (C=O) groups excluding carboxylic acids is 2. The minimum atomic E-state index is -0.431. The van der Waals surface area contributed by atoms with Crippen molar-refractivity contribution in [2.45, 2.75) is 6.92 Å². The van der Waals surface area contributed by atoms with E-state index in [9.17, 15) is 9.59 Å². The van der Waals surface area contributed by atoms with E-state index in [0.29, 0.717) is 13.2 Å². The molecule has 6 heteroatoms. The molecule has 82 valence electrons. The number of hydrogen-bond donors (Lipinski definition) is 2. The summed E-state index contributed by atoms with van der Waals surface area (Å²) in [6, 6.07) is -0.431. The van der Waals surface area contributed by atoms with Crippen LogP contribution in [-0.4, -0.2) is 50.2 Å². The van der Waals surface area contributed by atoms with Crippen molar-refractivity contribution < 1.29 is 14.3 Å². The van der Waals surface area contributed by atoms with Crippen LogP contribution in [0.25, 0.3) is 0 Å². The van der Waals surface area contributed by atoms with E-state index in [1.807, 2.05) is 0 Å². The van der Waals surface area contributed by atoms with Crippen molar-refractivity contribution in [3.8, 4) is 0 Å². The van der Waals surface area contributed by atoms with Crippen molar-refractivity contribution in [1.29, 1.82) is 0 Å². The molecule has 0 heterocycles. The lowest BCUT2D eigenvalue weighted by Gasteiger charge is -2.18.